The van der Waals surface area contributed by atoms with Crippen molar-refractivity contribution >= 4 is 11.1 Å². The number of aromatic nitrogens is 2. The molecule has 19 heavy (non-hydrogen) atoms. The van der Waals surface area contributed by atoms with Crippen molar-refractivity contribution in [3.05, 3.63) is 41.4 Å². The normalized spacial score (nSPS) is 11.3. The van der Waals surface area contributed by atoms with E-state index in [1.807, 2.05) is 26.1 Å². The number of aryl methyl sites for hydroxylation is 2. The van der Waals surface area contributed by atoms with E-state index in [4.69, 9.17) is 4.42 Å². The van der Waals surface area contributed by atoms with Crippen LogP contribution in [0.1, 0.15) is 17.1 Å². The van der Waals surface area contributed by atoms with Gasteiger partial charge in [-0.2, -0.15) is 0 Å². The Morgan fingerprint density at radius 3 is 2.89 bits per heavy atom. The van der Waals surface area contributed by atoms with Gasteiger partial charge < -0.3 is 14.7 Å². The van der Waals surface area contributed by atoms with E-state index < -0.39 is 0 Å². The summed E-state index contributed by atoms with van der Waals surface area (Å²) >= 11 is 0. The first-order chi connectivity index (χ1) is 9.17. The first-order valence-electron chi connectivity index (χ1n) is 6.38. The second-order valence-electron chi connectivity index (χ2n) is 4.78. The quantitative estimate of drug-likeness (QED) is 0.756. The SMILES string of the molecule is CNCc1cc(-c2ccc3nc(C)oc3c2)[nH]c1C. The molecule has 0 fully saturated rings. The Morgan fingerprint density at radius 1 is 1.26 bits per heavy atom. The van der Waals surface area contributed by atoms with Gasteiger partial charge in [0.15, 0.2) is 11.5 Å². The van der Waals surface area contributed by atoms with Crippen LogP contribution in [0.15, 0.2) is 28.7 Å². The van der Waals surface area contributed by atoms with Gasteiger partial charge in [-0.3, -0.25) is 0 Å². The standard InChI is InChI=1S/C15H17N3O/c1-9-12(8-16-3)6-14(17-9)11-4-5-13-15(7-11)19-10(2)18-13/h4-7,16-17H,8H2,1-3H3. The third-order valence-electron chi connectivity index (χ3n) is 3.30. The van der Waals surface area contributed by atoms with Crippen LogP contribution in [-0.2, 0) is 6.54 Å². The van der Waals surface area contributed by atoms with Gasteiger partial charge in [0.25, 0.3) is 0 Å². The van der Waals surface area contributed by atoms with Gasteiger partial charge in [0.05, 0.1) is 0 Å². The maximum Gasteiger partial charge on any atom is 0.192 e. The summed E-state index contributed by atoms with van der Waals surface area (Å²) in [6, 6.07) is 8.27. The summed E-state index contributed by atoms with van der Waals surface area (Å²) in [5.41, 5.74) is 6.44. The lowest BCUT2D eigenvalue weighted by molar-refractivity contribution is 0.561. The summed E-state index contributed by atoms with van der Waals surface area (Å²) in [6.07, 6.45) is 0. The highest BCUT2D eigenvalue weighted by Gasteiger charge is 2.08. The van der Waals surface area contributed by atoms with E-state index in [0.717, 1.165) is 28.9 Å². The van der Waals surface area contributed by atoms with Crippen LogP contribution in [0.2, 0.25) is 0 Å². The Balaban J connectivity index is 2.05. The van der Waals surface area contributed by atoms with Crippen molar-refractivity contribution in [2.75, 3.05) is 7.05 Å². The van der Waals surface area contributed by atoms with E-state index in [-0.39, 0.29) is 0 Å². The Kier molecular flexibility index (Phi) is 2.87. The molecule has 2 N–H and O–H groups in total. The van der Waals surface area contributed by atoms with Crippen molar-refractivity contribution in [2.24, 2.45) is 0 Å². The highest BCUT2D eigenvalue weighted by atomic mass is 16.3. The van der Waals surface area contributed by atoms with Crippen molar-refractivity contribution in [1.82, 2.24) is 15.3 Å². The van der Waals surface area contributed by atoms with E-state index in [9.17, 15) is 0 Å². The lowest BCUT2D eigenvalue weighted by Crippen LogP contribution is -2.04. The van der Waals surface area contributed by atoms with Crippen LogP contribution in [0.3, 0.4) is 0 Å². The first kappa shape index (κ1) is 12.0. The van der Waals surface area contributed by atoms with E-state index in [2.05, 4.69) is 34.3 Å². The Bertz CT molecular complexity index is 724. The highest BCUT2D eigenvalue weighted by molar-refractivity contribution is 5.79. The van der Waals surface area contributed by atoms with Crippen LogP contribution in [0.5, 0.6) is 0 Å². The van der Waals surface area contributed by atoms with E-state index in [1.165, 1.54) is 11.3 Å². The fourth-order valence-electron chi connectivity index (χ4n) is 2.34. The molecule has 0 saturated carbocycles. The zero-order valence-corrected chi connectivity index (χ0v) is 11.4. The minimum atomic E-state index is 0.700. The lowest BCUT2D eigenvalue weighted by Gasteiger charge is -1.97. The summed E-state index contributed by atoms with van der Waals surface area (Å²) in [5, 5.41) is 3.17. The van der Waals surface area contributed by atoms with Crippen molar-refractivity contribution in [2.45, 2.75) is 20.4 Å². The molecule has 0 aliphatic carbocycles. The van der Waals surface area contributed by atoms with Crippen LogP contribution < -0.4 is 5.32 Å². The van der Waals surface area contributed by atoms with Crippen molar-refractivity contribution in [3.63, 3.8) is 0 Å². The molecular weight excluding hydrogens is 238 g/mol. The topological polar surface area (TPSA) is 53.9 Å². The fraction of sp³-hybridized carbons (Fsp3) is 0.267. The van der Waals surface area contributed by atoms with Crippen LogP contribution in [0.4, 0.5) is 0 Å². The lowest BCUT2D eigenvalue weighted by atomic mass is 10.1. The Hall–Kier alpha value is -2.07. The van der Waals surface area contributed by atoms with Crippen molar-refractivity contribution in [1.29, 1.82) is 0 Å². The van der Waals surface area contributed by atoms with Gasteiger partial charge in [0, 0.05) is 30.4 Å². The molecule has 4 nitrogen and oxygen atoms in total. The highest BCUT2D eigenvalue weighted by Crippen LogP contribution is 2.26. The van der Waals surface area contributed by atoms with E-state index >= 15 is 0 Å². The molecule has 0 aliphatic rings. The zero-order chi connectivity index (χ0) is 13.4. The number of H-pyrrole nitrogens is 1. The van der Waals surface area contributed by atoms with Crippen molar-refractivity contribution < 1.29 is 4.42 Å². The molecule has 3 rings (SSSR count). The summed E-state index contributed by atoms with van der Waals surface area (Å²) < 4.78 is 5.58. The van der Waals surface area contributed by atoms with Gasteiger partial charge in [0.1, 0.15) is 5.52 Å². The molecule has 0 spiro atoms. The molecule has 2 heterocycles. The summed E-state index contributed by atoms with van der Waals surface area (Å²) in [7, 11) is 1.95. The first-order valence-corrected chi connectivity index (χ1v) is 6.38. The number of fused-ring (bicyclic) bond motifs is 1. The largest absolute Gasteiger partial charge is 0.441 e. The van der Waals surface area contributed by atoms with E-state index in [1.54, 1.807) is 0 Å². The maximum absolute atomic E-state index is 5.58. The number of benzene rings is 1. The number of hydrogen-bond acceptors (Lipinski definition) is 3. The van der Waals surface area contributed by atoms with Crippen LogP contribution in [-0.4, -0.2) is 17.0 Å². The predicted octanol–water partition coefficient (Wildman–Crippen LogP) is 3.16. The number of oxazole rings is 1. The minimum Gasteiger partial charge on any atom is -0.441 e. The number of nitrogens with zero attached hydrogens (tertiary/aromatic N) is 1. The third kappa shape index (κ3) is 2.15. The number of rotatable bonds is 3. The molecule has 0 aliphatic heterocycles. The summed E-state index contributed by atoms with van der Waals surface area (Å²) in [6.45, 7) is 4.82. The average molecular weight is 255 g/mol. The summed E-state index contributed by atoms with van der Waals surface area (Å²) in [4.78, 5) is 7.73. The maximum atomic E-state index is 5.58. The fourth-order valence-corrected chi connectivity index (χ4v) is 2.34. The average Bonchev–Trinajstić information content (AvgIpc) is 2.91. The number of aromatic amines is 1. The Labute approximate surface area is 111 Å². The second kappa shape index (κ2) is 4.55. The monoisotopic (exact) mass is 255 g/mol. The van der Waals surface area contributed by atoms with Gasteiger partial charge in [-0.25, -0.2) is 4.98 Å². The molecule has 0 radical (unpaired) electrons. The molecule has 0 amide bonds. The molecule has 0 bridgehead atoms. The second-order valence-corrected chi connectivity index (χ2v) is 4.78. The molecule has 1 aromatic carbocycles. The van der Waals surface area contributed by atoms with Gasteiger partial charge in [-0.15, -0.1) is 0 Å². The summed E-state index contributed by atoms with van der Waals surface area (Å²) in [5.74, 6) is 0.700. The van der Waals surface area contributed by atoms with Crippen LogP contribution in [0, 0.1) is 13.8 Å². The van der Waals surface area contributed by atoms with Gasteiger partial charge in [0.2, 0.25) is 0 Å². The molecule has 0 saturated heterocycles. The van der Waals surface area contributed by atoms with Gasteiger partial charge in [-0.05, 0) is 37.7 Å². The molecular formula is C15H17N3O. The number of hydrogen-bond donors (Lipinski definition) is 2. The zero-order valence-electron chi connectivity index (χ0n) is 11.4. The van der Waals surface area contributed by atoms with Crippen molar-refractivity contribution in [3.8, 4) is 11.3 Å². The molecule has 0 atom stereocenters. The molecule has 3 aromatic rings. The van der Waals surface area contributed by atoms with Gasteiger partial charge >= 0.3 is 0 Å². The number of nitrogens with one attached hydrogen (secondary N) is 2. The van der Waals surface area contributed by atoms with Crippen LogP contribution in [0.25, 0.3) is 22.4 Å². The third-order valence-corrected chi connectivity index (χ3v) is 3.30. The Morgan fingerprint density at radius 2 is 2.11 bits per heavy atom. The molecule has 4 heteroatoms. The van der Waals surface area contributed by atoms with Gasteiger partial charge in [-0.1, -0.05) is 6.07 Å². The smallest absolute Gasteiger partial charge is 0.192 e. The van der Waals surface area contributed by atoms with E-state index in [0.29, 0.717) is 5.89 Å². The minimum absolute atomic E-state index is 0.700. The molecule has 98 valence electrons. The van der Waals surface area contributed by atoms with Crippen LogP contribution >= 0.6 is 0 Å². The molecule has 2 aromatic heterocycles. The predicted molar refractivity (Wildman–Crippen MR) is 76.0 cm³/mol. The molecule has 0 unspecified atom stereocenters.